The summed E-state index contributed by atoms with van der Waals surface area (Å²) in [5, 5.41) is 10.4. The van der Waals surface area contributed by atoms with Crippen LogP contribution in [0.15, 0.2) is 46.8 Å². The number of rotatable bonds is 5. The third kappa shape index (κ3) is 3.73. The molecule has 0 aliphatic rings. The molecule has 1 heterocycles. The van der Waals surface area contributed by atoms with Crippen LogP contribution in [0.3, 0.4) is 0 Å². The zero-order valence-electron chi connectivity index (χ0n) is 11.4. The monoisotopic (exact) mass is 302 g/mol. The van der Waals surface area contributed by atoms with Gasteiger partial charge in [-0.05, 0) is 36.8 Å². The van der Waals surface area contributed by atoms with Crippen LogP contribution in [0.4, 0.5) is 0 Å². The second-order valence-electron chi connectivity index (χ2n) is 4.15. The molecule has 7 heteroatoms. The van der Waals surface area contributed by atoms with Crippen molar-refractivity contribution < 1.29 is 4.74 Å². The number of aromatic nitrogens is 3. The molecule has 0 radical (unpaired) electrons. The predicted molar refractivity (Wildman–Crippen MR) is 83.5 cm³/mol. The normalized spacial score (nSPS) is 10.7. The molecule has 0 saturated heterocycles. The summed E-state index contributed by atoms with van der Waals surface area (Å²) < 4.78 is 6.66. The molecule has 2 aromatic rings. The van der Waals surface area contributed by atoms with Gasteiger partial charge in [-0.15, -0.1) is 0 Å². The molecule has 0 atom stereocenters. The Balaban J connectivity index is 2.30. The smallest absolute Gasteiger partial charge is 0.296 e. The molecule has 108 valence electrons. The summed E-state index contributed by atoms with van der Waals surface area (Å²) in [5.74, 6) is 0.697. The maximum atomic E-state index is 11.9. The van der Waals surface area contributed by atoms with Crippen LogP contribution in [0.5, 0.6) is 5.75 Å². The van der Waals surface area contributed by atoms with Crippen molar-refractivity contribution in [3.63, 3.8) is 0 Å². The Morgan fingerprint density at radius 2 is 2.38 bits per heavy atom. The third-order valence-electron chi connectivity index (χ3n) is 2.56. The number of benzene rings is 1. The van der Waals surface area contributed by atoms with Gasteiger partial charge in [-0.1, -0.05) is 24.8 Å². The molecule has 21 heavy (non-hydrogen) atoms. The largest absolute Gasteiger partial charge is 0.490 e. The number of hydrogen-bond donors (Lipinski definition) is 1. The molecule has 1 aromatic carbocycles. The van der Waals surface area contributed by atoms with Crippen molar-refractivity contribution in [1.29, 1.82) is 0 Å². The van der Waals surface area contributed by atoms with Crippen molar-refractivity contribution in [2.75, 3.05) is 6.61 Å². The van der Waals surface area contributed by atoms with Crippen LogP contribution in [-0.4, -0.2) is 27.7 Å². The summed E-state index contributed by atoms with van der Waals surface area (Å²) in [4.78, 5) is 11.9. The first kappa shape index (κ1) is 14.9. The Kier molecular flexibility index (Phi) is 4.78. The summed E-state index contributed by atoms with van der Waals surface area (Å²) in [6, 6.07) is 7.31. The second kappa shape index (κ2) is 6.76. The van der Waals surface area contributed by atoms with Gasteiger partial charge in [0.05, 0.1) is 6.21 Å². The topological polar surface area (TPSA) is 72.3 Å². The first-order chi connectivity index (χ1) is 10.1. The lowest BCUT2D eigenvalue weighted by Crippen LogP contribution is -2.22. The number of H-pyrrole nitrogens is 1. The highest BCUT2D eigenvalue weighted by atomic mass is 32.1. The Bertz CT molecular complexity index is 792. The Morgan fingerprint density at radius 3 is 3.14 bits per heavy atom. The van der Waals surface area contributed by atoms with Crippen molar-refractivity contribution in [1.82, 2.24) is 14.9 Å². The van der Waals surface area contributed by atoms with Crippen molar-refractivity contribution in [3.8, 4) is 5.75 Å². The molecule has 1 aromatic heterocycles. The summed E-state index contributed by atoms with van der Waals surface area (Å²) in [5.41, 5.74) is 0.727. The van der Waals surface area contributed by atoms with Crippen LogP contribution in [0.1, 0.15) is 11.3 Å². The highest BCUT2D eigenvalue weighted by molar-refractivity contribution is 7.71. The van der Waals surface area contributed by atoms with Gasteiger partial charge >= 0.3 is 0 Å². The van der Waals surface area contributed by atoms with Gasteiger partial charge in [0.2, 0.25) is 4.77 Å². The first-order valence-electron chi connectivity index (χ1n) is 6.18. The van der Waals surface area contributed by atoms with Crippen LogP contribution in [0.2, 0.25) is 0 Å². The highest BCUT2D eigenvalue weighted by Gasteiger charge is 2.01. The molecule has 0 bridgehead atoms. The van der Waals surface area contributed by atoms with E-state index in [1.165, 1.54) is 6.21 Å². The van der Waals surface area contributed by atoms with Crippen molar-refractivity contribution >= 4 is 18.4 Å². The molecule has 0 fully saturated rings. The lowest BCUT2D eigenvalue weighted by Gasteiger charge is -2.03. The Morgan fingerprint density at radius 1 is 1.57 bits per heavy atom. The van der Waals surface area contributed by atoms with Gasteiger partial charge in [-0.25, -0.2) is 0 Å². The quantitative estimate of drug-likeness (QED) is 0.521. The van der Waals surface area contributed by atoms with E-state index in [1.807, 2.05) is 18.2 Å². The molecule has 2 rings (SSSR count). The predicted octanol–water partition coefficient (Wildman–Crippen LogP) is 2.06. The number of nitrogens with one attached hydrogen (secondary N) is 1. The van der Waals surface area contributed by atoms with Crippen LogP contribution >= 0.6 is 12.2 Å². The average Bonchev–Trinajstić information content (AvgIpc) is 2.49. The zero-order chi connectivity index (χ0) is 15.2. The lowest BCUT2D eigenvalue weighted by molar-refractivity contribution is 0.363. The lowest BCUT2D eigenvalue weighted by atomic mass is 10.2. The van der Waals surface area contributed by atoms with Crippen molar-refractivity contribution in [3.05, 3.63) is 63.3 Å². The molecular formula is C14H14N4O2S. The van der Waals surface area contributed by atoms with E-state index in [4.69, 9.17) is 17.0 Å². The van der Waals surface area contributed by atoms with E-state index in [2.05, 4.69) is 21.9 Å². The molecule has 0 aliphatic carbocycles. The molecule has 0 saturated carbocycles. The SMILES string of the molecule is C=CCOc1cccc(/C=N\n2c(=S)[nH]nc(C)c2=O)c1. The molecule has 6 nitrogen and oxygen atoms in total. The standard InChI is InChI=1S/C14H14N4O2S/c1-3-7-20-12-6-4-5-11(8-12)9-15-18-13(19)10(2)16-17-14(18)21/h3-6,8-9H,1,7H2,2H3,(H,17,21)/b15-9-. The first-order valence-corrected chi connectivity index (χ1v) is 6.59. The minimum absolute atomic E-state index is 0.140. The minimum Gasteiger partial charge on any atom is -0.490 e. The fourth-order valence-electron chi connectivity index (χ4n) is 1.54. The van der Waals surface area contributed by atoms with E-state index in [9.17, 15) is 4.79 Å². The van der Waals surface area contributed by atoms with Gasteiger partial charge in [0.1, 0.15) is 18.1 Å². The molecule has 0 aliphatic heterocycles. The van der Waals surface area contributed by atoms with Crippen LogP contribution < -0.4 is 10.3 Å². The maximum absolute atomic E-state index is 11.9. The van der Waals surface area contributed by atoms with E-state index in [0.29, 0.717) is 18.1 Å². The third-order valence-corrected chi connectivity index (χ3v) is 2.83. The van der Waals surface area contributed by atoms with Crippen molar-refractivity contribution in [2.24, 2.45) is 5.10 Å². The van der Waals surface area contributed by atoms with E-state index in [1.54, 1.807) is 19.1 Å². The number of nitrogens with zero attached hydrogens (tertiary/aromatic N) is 3. The number of aromatic amines is 1. The summed E-state index contributed by atoms with van der Waals surface area (Å²) >= 11 is 4.99. The second-order valence-corrected chi connectivity index (χ2v) is 4.53. The summed E-state index contributed by atoms with van der Waals surface area (Å²) in [7, 11) is 0. The summed E-state index contributed by atoms with van der Waals surface area (Å²) in [6.07, 6.45) is 3.20. The molecular weight excluding hydrogens is 288 g/mol. The number of hydrogen-bond acceptors (Lipinski definition) is 5. The van der Waals surface area contributed by atoms with Gasteiger partial charge in [0.25, 0.3) is 5.56 Å². The van der Waals surface area contributed by atoms with Crippen molar-refractivity contribution in [2.45, 2.75) is 6.92 Å². The van der Waals surface area contributed by atoms with E-state index in [-0.39, 0.29) is 10.3 Å². The van der Waals surface area contributed by atoms with E-state index >= 15 is 0 Å². The maximum Gasteiger partial charge on any atom is 0.296 e. The van der Waals surface area contributed by atoms with Crippen LogP contribution in [0, 0.1) is 11.7 Å². The van der Waals surface area contributed by atoms with Gasteiger partial charge in [-0.2, -0.15) is 14.9 Å². The molecule has 0 amide bonds. The van der Waals surface area contributed by atoms with Gasteiger partial charge in [-0.3, -0.25) is 9.89 Å². The van der Waals surface area contributed by atoms with Gasteiger partial charge < -0.3 is 4.74 Å². The fourth-order valence-corrected chi connectivity index (χ4v) is 1.72. The molecule has 0 unspecified atom stereocenters. The molecule has 1 N–H and O–H groups in total. The molecule has 0 spiro atoms. The van der Waals surface area contributed by atoms with Crippen LogP contribution in [-0.2, 0) is 0 Å². The van der Waals surface area contributed by atoms with Gasteiger partial charge in [0.15, 0.2) is 0 Å². The van der Waals surface area contributed by atoms with Gasteiger partial charge in [0, 0.05) is 0 Å². The Labute approximate surface area is 126 Å². The summed E-state index contributed by atoms with van der Waals surface area (Å²) in [6.45, 7) is 5.60. The number of aryl methyl sites for hydroxylation is 1. The highest BCUT2D eigenvalue weighted by Crippen LogP contribution is 2.11. The van der Waals surface area contributed by atoms with E-state index < -0.39 is 0 Å². The average molecular weight is 302 g/mol. The minimum atomic E-state index is -0.353. The van der Waals surface area contributed by atoms with Crippen LogP contribution in [0.25, 0.3) is 0 Å². The van der Waals surface area contributed by atoms with E-state index in [0.717, 1.165) is 10.2 Å². The zero-order valence-corrected chi connectivity index (χ0v) is 12.3. The fraction of sp³-hybridized carbons (Fsp3) is 0.143. The number of ether oxygens (including phenoxy) is 1. The Hall–Kier alpha value is -2.54.